The summed E-state index contributed by atoms with van der Waals surface area (Å²) in [4.78, 5) is 59.7. The van der Waals surface area contributed by atoms with Gasteiger partial charge in [0.15, 0.2) is 0 Å². The smallest absolute Gasteiger partial charge is 0.326 e. The number of imidazole rings is 1. The van der Waals surface area contributed by atoms with Gasteiger partial charge < -0.3 is 31.8 Å². The van der Waals surface area contributed by atoms with Gasteiger partial charge in [-0.1, -0.05) is 60.7 Å². The summed E-state index contributed by atoms with van der Waals surface area (Å²) in [5.41, 5.74) is 9.53. The number of nitrogens with one attached hydrogen (secondary N) is 4. The zero-order chi connectivity index (χ0) is 33.2. The van der Waals surface area contributed by atoms with E-state index in [0.717, 1.165) is 26.8 Å². The van der Waals surface area contributed by atoms with Gasteiger partial charge in [-0.05, 0) is 52.1 Å². The average Bonchev–Trinajstić information content (AvgIpc) is 3.74. The van der Waals surface area contributed by atoms with Crippen LogP contribution in [-0.4, -0.2) is 56.9 Å². The van der Waals surface area contributed by atoms with Crippen LogP contribution in [0.2, 0.25) is 0 Å². The van der Waals surface area contributed by atoms with Crippen molar-refractivity contribution in [2.45, 2.75) is 50.2 Å². The number of H-pyrrole nitrogens is 1. The first-order chi connectivity index (χ1) is 22.7. The van der Waals surface area contributed by atoms with E-state index in [1.165, 1.54) is 12.5 Å². The second-order valence-electron chi connectivity index (χ2n) is 11.3. The van der Waals surface area contributed by atoms with Gasteiger partial charge in [-0.2, -0.15) is 0 Å². The summed E-state index contributed by atoms with van der Waals surface area (Å²) in [5.74, 6) is -2.77. The van der Waals surface area contributed by atoms with Crippen LogP contribution in [0.5, 0.6) is 0 Å². The van der Waals surface area contributed by atoms with Gasteiger partial charge >= 0.3 is 5.97 Å². The van der Waals surface area contributed by atoms with E-state index in [2.05, 4.69) is 25.9 Å². The number of carboxylic acids is 1. The van der Waals surface area contributed by atoms with Crippen molar-refractivity contribution in [3.63, 3.8) is 0 Å². The van der Waals surface area contributed by atoms with Gasteiger partial charge in [0.2, 0.25) is 17.7 Å². The highest BCUT2D eigenvalue weighted by Crippen LogP contribution is 2.26. The molecule has 0 saturated heterocycles. The molecule has 2 aromatic heterocycles. The number of benzene rings is 3. The molecule has 0 aliphatic rings. The van der Waals surface area contributed by atoms with E-state index < -0.39 is 35.9 Å². The van der Waals surface area contributed by atoms with Crippen molar-refractivity contribution in [1.29, 1.82) is 0 Å². The molecule has 47 heavy (non-hydrogen) atoms. The number of hydrogen-bond donors (Lipinski definition) is 6. The van der Waals surface area contributed by atoms with Crippen molar-refractivity contribution in [2.24, 2.45) is 0 Å². The van der Waals surface area contributed by atoms with Crippen molar-refractivity contribution in [1.82, 2.24) is 25.9 Å². The highest BCUT2D eigenvalue weighted by molar-refractivity contribution is 7.17. The lowest BCUT2D eigenvalue weighted by Gasteiger charge is -2.25. The largest absolute Gasteiger partial charge is 0.480 e. The Labute approximate surface area is 275 Å². The van der Waals surface area contributed by atoms with E-state index in [1.807, 2.05) is 72.1 Å². The van der Waals surface area contributed by atoms with Gasteiger partial charge in [0, 0.05) is 48.0 Å². The molecule has 12 heteroatoms. The van der Waals surface area contributed by atoms with E-state index in [9.17, 15) is 24.3 Å². The molecule has 0 saturated carbocycles. The third kappa shape index (κ3) is 9.27. The van der Waals surface area contributed by atoms with E-state index in [1.54, 1.807) is 23.5 Å². The van der Waals surface area contributed by atoms with E-state index in [4.69, 9.17) is 5.73 Å². The monoisotopic (exact) mass is 652 g/mol. The minimum atomic E-state index is -1.26. The molecular formula is C35H36N6O5S. The minimum Gasteiger partial charge on any atom is -0.480 e. The first-order valence-corrected chi connectivity index (χ1v) is 16.1. The lowest BCUT2D eigenvalue weighted by molar-refractivity contribution is -0.142. The molecular weight excluding hydrogens is 616 g/mol. The number of aromatic amines is 1. The zero-order valence-electron chi connectivity index (χ0n) is 25.5. The lowest BCUT2D eigenvalue weighted by Crippen LogP contribution is -2.57. The van der Waals surface area contributed by atoms with Gasteiger partial charge in [-0.15, -0.1) is 11.3 Å². The van der Waals surface area contributed by atoms with Crippen LogP contribution < -0.4 is 21.7 Å². The molecule has 0 aliphatic heterocycles. The Bertz CT molecular complexity index is 1810. The van der Waals surface area contributed by atoms with Gasteiger partial charge in [-0.25, -0.2) is 9.78 Å². The number of hydrogen-bond acceptors (Lipinski definition) is 7. The first-order valence-electron chi connectivity index (χ1n) is 15.2. The zero-order valence-corrected chi connectivity index (χ0v) is 26.3. The number of thiophene rings is 1. The van der Waals surface area contributed by atoms with Crippen molar-refractivity contribution in [3.05, 3.63) is 119 Å². The third-order valence-electron chi connectivity index (χ3n) is 7.77. The number of carbonyl (C=O) groups is 4. The number of carbonyl (C=O) groups excluding carboxylic acids is 3. The number of carboxylic acid groups (broad SMARTS) is 1. The molecule has 3 aromatic carbocycles. The Kier molecular flexibility index (Phi) is 11.0. The van der Waals surface area contributed by atoms with Crippen LogP contribution in [0.15, 0.2) is 96.8 Å². The topological polar surface area (TPSA) is 179 Å². The number of nitrogens with two attached hydrogens (primary N) is 1. The Hall–Kier alpha value is -5.49. The maximum absolute atomic E-state index is 14.0. The van der Waals surface area contributed by atoms with Gasteiger partial charge in [0.05, 0.1) is 6.33 Å². The van der Waals surface area contributed by atoms with Gasteiger partial charge in [0.1, 0.15) is 18.1 Å². The van der Waals surface area contributed by atoms with Gasteiger partial charge in [0.25, 0.3) is 0 Å². The summed E-state index contributed by atoms with van der Waals surface area (Å²) in [6.45, 7) is 0. The number of nitrogens with zero attached hydrogens (tertiary/aromatic N) is 1. The van der Waals surface area contributed by atoms with Crippen molar-refractivity contribution in [2.75, 3.05) is 5.73 Å². The molecule has 242 valence electrons. The fourth-order valence-corrected chi connectivity index (χ4v) is 6.22. The molecule has 3 amide bonds. The molecule has 5 rings (SSSR count). The normalized spacial score (nSPS) is 12.9. The molecule has 7 N–H and O–H groups in total. The lowest BCUT2D eigenvalue weighted by atomic mass is 10.0. The molecule has 0 spiro atoms. The van der Waals surface area contributed by atoms with Crippen molar-refractivity contribution >= 4 is 50.8 Å². The Balaban J connectivity index is 1.36. The fraction of sp³-hybridized carbons (Fsp3) is 0.229. The van der Waals surface area contributed by atoms with Crippen LogP contribution in [0.25, 0.3) is 10.1 Å². The molecule has 11 nitrogen and oxygen atoms in total. The van der Waals surface area contributed by atoms with Crippen LogP contribution in [0.3, 0.4) is 0 Å². The molecule has 0 fully saturated rings. The third-order valence-corrected chi connectivity index (χ3v) is 8.78. The number of rotatable bonds is 15. The number of aromatic nitrogens is 2. The number of anilines is 1. The summed E-state index contributed by atoms with van der Waals surface area (Å²) in [5, 5.41) is 21.1. The predicted octanol–water partition coefficient (Wildman–Crippen LogP) is 3.41. The minimum absolute atomic E-state index is 0.0228. The fourth-order valence-electron chi connectivity index (χ4n) is 5.25. The SMILES string of the molecule is Nc1ccc(CCC(=O)N[C@@H](Cc2csc3ccccc23)C(=O)N[C@H](Cc2ccccc2)C(=O)N[C@@H](Cc2cnc[nH]2)C(=O)O)cc1. The number of nitrogen functional groups attached to an aromatic ring is 1. The highest BCUT2D eigenvalue weighted by atomic mass is 32.1. The van der Waals surface area contributed by atoms with Gasteiger partial charge in [-0.3, -0.25) is 14.4 Å². The molecule has 2 heterocycles. The summed E-state index contributed by atoms with van der Waals surface area (Å²) < 4.78 is 1.05. The molecule has 0 unspecified atom stereocenters. The number of amides is 3. The van der Waals surface area contributed by atoms with Crippen molar-refractivity contribution in [3.8, 4) is 0 Å². The van der Waals surface area contributed by atoms with Crippen LogP contribution >= 0.6 is 11.3 Å². The summed E-state index contributed by atoms with van der Waals surface area (Å²) in [7, 11) is 0. The Morgan fingerprint density at radius 3 is 2.17 bits per heavy atom. The molecule has 0 bridgehead atoms. The van der Waals surface area contributed by atoms with E-state index in [-0.39, 0.29) is 31.6 Å². The Morgan fingerprint density at radius 1 is 0.787 bits per heavy atom. The molecule has 5 aromatic rings. The summed E-state index contributed by atoms with van der Waals surface area (Å²) >= 11 is 1.55. The number of aryl methyl sites for hydroxylation is 1. The van der Waals surface area contributed by atoms with Crippen LogP contribution in [0.1, 0.15) is 28.8 Å². The van der Waals surface area contributed by atoms with E-state index >= 15 is 0 Å². The van der Waals surface area contributed by atoms with Crippen LogP contribution in [0.4, 0.5) is 5.69 Å². The van der Waals surface area contributed by atoms with Crippen LogP contribution in [-0.2, 0) is 44.9 Å². The standard InChI is InChI=1S/C35H36N6O5S/c36-25-13-10-22(11-14-25)12-15-32(42)39-29(17-24-20-47-31-9-5-4-8-27(24)31)34(44)40-28(16-23-6-2-1-3-7-23)33(43)41-30(35(45)46)18-26-19-37-21-38-26/h1-11,13-14,19-21,28-30H,12,15-18,36H2,(H,37,38)(H,39,42)(H,40,44)(H,41,43)(H,45,46)/t28-,29+,30+/m1/s1. The summed E-state index contributed by atoms with van der Waals surface area (Å²) in [6.07, 6.45) is 3.78. The van der Waals surface area contributed by atoms with Crippen molar-refractivity contribution < 1.29 is 24.3 Å². The average molecular weight is 653 g/mol. The summed E-state index contributed by atoms with van der Waals surface area (Å²) in [6, 6.07) is 20.8. The second-order valence-corrected chi connectivity index (χ2v) is 12.2. The first kappa shape index (κ1) is 32.9. The number of aliphatic carboxylic acids is 1. The molecule has 0 radical (unpaired) electrons. The Morgan fingerprint density at radius 2 is 1.47 bits per heavy atom. The maximum Gasteiger partial charge on any atom is 0.326 e. The predicted molar refractivity (Wildman–Crippen MR) is 181 cm³/mol. The second kappa shape index (κ2) is 15.7. The quantitative estimate of drug-likeness (QED) is 0.0938. The molecule has 3 atom stereocenters. The van der Waals surface area contributed by atoms with Crippen LogP contribution in [0, 0.1) is 0 Å². The molecule has 0 aliphatic carbocycles. The highest BCUT2D eigenvalue weighted by Gasteiger charge is 2.30. The number of fused-ring (bicyclic) bond motifs is 1. The maximum atomic E-state index is 14.0. The van der Waals surface area contributed by atoms with E-state index in [0.29, 0.717) is 17.8 Å².